The lowest BCUT2D eigenvalue weighted by molar-refractivity contribution is -0.275. The van der Waals surface area contributed by atoms with Gasteiger partial charge in [0.25, 0.3) is 6.43 Å². The Morgan fingerprint density at radius 2 is 2.05 bits per heavy atom. The number of carbonyl (C=O) groups excluding carboxylic acids is 1. The lowest BCUT2D eigenvalue weighted by atomic mass is 10.1. The zero-order valence-electron chi connectivity index (χ0n) is 11.2. The Morgan fingerprint density at radius 3 is 2.50 bits per heavy atom. The molecule has 0 radical (unpaired) electrons. The van der Waals surface area contributed by atoms with Crippen LogP contribution in [0.5, 0.6) is 5.75 Å². The summed E-state index contributed by atoms with van der Waals surface area (Å²) in [6.07, 6.45) is -8.79. The molecule has 1 heterocycles. The summed E-state index contributed by atoms with van der Waals surface area (Å²) < 4.78 is 71.0. The molecule has 0 bridgehead atoms. The quantitative estimate of drug-likeness (QED) is 0.446. The zero-order valence-corrected chi connectivity index (χ0v) is 12.0. The van der Waals surface area contributed by atoms with Gasteiger partial charge in [0.15, 0.2) is 5.75 Å². The molecule has 4 nitrogen and oxygen atoms in total. The number of rotatable bonds is 6. The number of hydrogen-bond donors (Lipinski definition) is 0. The zero-order chi connectivity index (χ0) is 16.9. The van der Waals surface area contributed by atoms with Gasteiger partial charge in [-0.25, -0.2) is 13.8 Å². The van der Waals surface area contributed by atoms with E-state index < -0.39 is 53.8 Å². The van der Waals surface area contributed by atoms with E-state index in [9.17, 15) is 26.7 Å². The van der Waals surface area contributed by atoms with Gasteiger partial charge in [0, 0.05) is 0 Å². The minimum Gasteiger partial charge on any atom is -0.466 e. The van der Waals surface area contributed by atoms with Crippen LogP contribution in [-0.2, 0) is 21.8 Å². The van der Waals surface area contributed by atoms with E-state index in [1.807, 2.05) is 0 Å². The third kappa shape index (κ3) is 5.28. The topological polar surface area (TPSA) is 48.4 Å². The van der Waals surface area contributed by atoms with Crippen LogP contribution in [0.1, 0.15) is 30.3 Å². The molecule has 0 unspecified atom stereocenters. The summed E-state index contributed by atoms with van der Waals surface area (Å²) in [6.45, 7) is 1.50. The number of esters is 1. The summed E-state index contributed by atoms with van der Waals surface area (Å²) in [6, 6.07) is 0.677. The Bertz CT molecular complexity index is 536. The summed E-state index contributed by atoms with van der Waals surface area (Å²) in [7, 11) is 0. The maximum absolute atomic E-state index is 12.9. The fraction of sp³-hybridized carbons (Fsp3) is 0.500. The van der Waals surface area contributed by atoms with E-state index in [4.69, 9.17) is 11.6 Å². The van der Waals surface area contributed by atoms with Crippen LogP contribution in [0, 0.1) is 0 Å². The van der Waals surface area contributed by atoms with Crippen molar-refractivity contribution in [3.05, 3.63) is 23.0 Å². The van der Waals surface area contributed by atoms with Crippen molar-refractivity contribution in [1.82, 2.24) is 4.98 Å². The molecule has 1 aromatic rings. The Hall–Kier alpha value is -1.64. The summed E-state index contributed by atoms with van der Waals surface area (Å²) in [5.41, 5.74) is -1.75. The first-order valence-corrected chi connectivity index (χ1v) is 6.49. The van der Waals surface area contributed by atoms with Crippen LogP contribution in [0.3, 0.4) is 0 Å². The maximum atomic E-state index is 12.9. The first kappa shape index (κ1) is 18.4. The Labute approximate surface area is 127 Å². The Kier molecular flexibility index (Phi) is 6.34. The molecule has 22 heavy (non-hydrogen) atoms. The van der Waals surface area contributed by atoms with Crippen molar-refractivity contribution >= 4 is 17.6 Å². The van der Waals surface area contributed by atoms with Crippen LogP contribution in [0.2, 0.25) is 0 Å². The molecule has 0 aliphatic rings. The summed E-state index contributed by atoms with van der Waals surface area (Å²) in [5, 5.41) is 0. The molecule has 0 spiro atoms. The van der Waals surface area contributed by atoms with Crippen LogP contribution in [0.15, 0.2) is 6.07 Å². The Balaban J connectivity index is 3.26. The lowest BCUT2D eigenvalue weighted by Gasteiger charge is -2.15. The van der Waals surface area contributed by atoms with Crippen molar-refractivity contribution in [3.63, 3.8) is 0 Å². The second-order valence-electron chi connectivity index (χ2n) is 3.94. The van der Waals surface area contributed by atoms with Crippen molar-refractivity contribution in [2.24, 2.45) is 0 Å². The summed E-state index contributed by atoms with van der Waals surface area (Å²) >= 11 is 5.40. The lowest BCUT2D eigenvalue weighted by Crippen LogP contribution is -2.20. The monoisotopic (exact) mass is 347 g/mol. The van der Waals surface area contributed by atoms with Gasteiger partial charge in [-0.15, -0.1) is 24.8 Å². The van der Waals surface area contributed by atoms with E-state index in [1.54, 1.807) is 0 Å². The molecular formula is C12H11ClF5NO3. The van der Waals surface area contributed by atoms with Crippen LogP contribution in [0.4, 0.5) is 22.0 Å². The summed E-state index contributed by atoms with van der Waals surface area (Å²) in [5.74, 6) is -2.26. The van der Waals surface area contributed by atoms with Crippen LogP contribution >= 0.6 is 11.6 Å². The molecule has 0 saturated carbocycles. The molecule has 0 fully saturated rings. The number of ether oxygens (including phenoxy) is 2. The molecule has 0 N–H and O–H groups in total. The normalized spacial score (nSPS) is 11.6. The fourth-order valence-electron chi connectivity index (χ4n) is 1.59. The predicted molar refractivity (Wildman–Crippen MR) is 65.8 cm³/mol. The van der Waals surface area contributed by atoms with E-state index in [0.717, 1.165) is 0 Å². The number of pyridine rings is 1. The van der Waals surface area contributed by atoms with E-state index in [1.165, 1.54) is 6.92 Å². The molecule has 10 heteroatoms. The van der Waals surface area contributed by atoms with E-state index in [-0.39, 0.29) is 6.61 Å². The second kappa shape index (κ2) is 7.57. The molecule has 0 amide bonds. The first-order chi connectivity index (χ1) is 10.2. The van der Waals surface area contributed by atoms with Crippen LogP contribution in [0.25, 0.3) is 0 Å². The predicted octanol–water partition coefficient (Wildman–Crippen LogP) is 3.76. The van der Waals surface area contributed by atoms with Gasteiger partial charge in [-0.1, -0.05) is 0 Å². The van der Waals surface area contributed by atoms with Crippen molar-refractivity contribution in [1.29, 1.82) is 0 Å². The minimum absolute atomic E-state index is 0.00193. The van der Waals surface area contributed by atoms with Gasteiger partial charge in [-0.05, 0) is 18.6 Å². The average molecular weight is 348 g/mol. The maximum Gasteiger partial charge on any atom is 0.573 e. The smallest absolute Gasteiger partial charge is 0.466 e. The van der Waals surface area contributed by atoms with Crippen LogP contribution in [-0.4, -0.2) is 23.9 Å². The molecule has 124 valence electrons. The van der Waals surface area contributed by atoms with Gasteiger partial charge in [0.05, 0.1) is 24.6 Å². The average Bonchev–Trinajstić information content (AvgIpc) is 2.36. The number of alkyl halides is 6. The minimum atomic E-state index is -5.05. The van der Waals surface area contributed by atoms with Gasteiger partial charge < -0.3 is 9.47 Å². The highest BCUT2D eigenvalue weighted by Crippen LogP contribution is 2.32. The summed E-state index contributed by atoms with van der Waals surface area (Å²) in [4.78, 5) is 14.7. The third-order valence-corrected chi connectivity index (χ3v) is 2.63. The van der Waals surface area contributed by atoms with Gasteiger partial charge in [0.1, 0.15) is 5.69 Å². The highest BCUT2D eigenvalue weighted by atomic mass is 35.5. The molecule has 0 atom stereocenters. The SMILES string of the molecule is CCOC(=O)Cc1cc(OC(F)(F)F)c(CCl)nc1C(F)F. The van der Waals surface area contributed by atoms with Crippen LogP contribution < -0.4 is 4.74 Å². The van der Waals surface area contributed by atoms with Crippen molar-refractivity contribution in [3.8, 4) is 5.75 Å². The highest BCUT2D eigenvalue weighted by Gasteiger charge is 2.33. The molecule has 1 aromatic heterocycles. The number of halogens is 6. The van der Waals surface area contributed by atoms with Gasteiger partial charge in [0.2, 0.25) is 0 Å². The number of aromatic nitrogens is 1. The van der Waals surface area contributed by atoms with Gasteiger partial charge in [-0.2, -0.15) is 0 Å². The third-order valence-electron chi connectivity index (χ3n) is 2.37. The first-order valence-electron chi connectivity index (χ1n) is 5.96. The number of nitrogens with zero attached hydrogens (tertiary/aromatic N) is 1. The van der Waals surface area contributed by atoms with Crippen molar-refractivity contribution in [2.75, 3.05) is 6.61 Å². The molecule has 0 aliphatic carbocycles. The number of hydrogen-bond acceptors (Lipinski definition) is 4. The van der Waals surface area contributed by atoms with Crippen molar-refractivity contribution < 1.29 is 36.2 Å². The second-order valence-corrected chi connectivity index (χ2v) is 4.21. The standard InChI is InChI=1S/C12H11ClF5NO3/c1-2-21-9(20)4-6-3-8(22-12(16,17)18)7(5-13)19-10(6)11(14)15/h3,11H,2,4-5H2,1H3. The van der Waals surface area contributed by atoms with Gasteiger partial charge in [-0.3, -0.25) is 4.79 Å². The fourth-order valence-corrected chi connectivity index (χ4v) is 1.79. The molecule has 0 saturated heterocycles. The van der Waals surface area contributed by atoms with E-state index in [0.29, 0.717) is 6.07 Å². The van der Waals surface area contributed by atoms with Crippen molar-refractivity contribution in [2.45, 2.75) is 32.0 Å². The Morgan fingerprint density at radius 1 is 1.41 bits per heavy atom. The largest absolute Gasteiger partial charge is 0.573 e. The molecular weight excluding hydrogens is 337 g/mol. The number of carbonyl (C=O) groups is 1. The van der Waals surface area contributed by atoms with E-state index >= 15 is 0 Å². The molecule has 0 aromatic carbocycles. The molecule has 0 aliphatic heterocycles. The highest BCUT2D eigenvalue weighted by molar-refractivity contribution is 6.17. The molecule has 1 rings (SSSR count). The van der Waals surface area contributed by atoms with Gasteiger partial charge >= 0.3 is 12.3 Å². The van der Waals surface area contributed by atoms with E-state index in [2.05, 4.69) is 14.5 Å².